The fourth-order valence-electron chi connectivity index (χ4n) is 9.78. The second kappa shape index (κ2) is 40.1. The standard InChI is InChI=1S/C62H93N3O23S2/c1-61(2,3)53-47-50(10-7-11-57-62(4,19-8-12-60(68)88-65-58(66)17-18-59(65)67)54-48-51(90(72,73)74)14-16-55(54)64(57)20-9-45-89(69,70)71)87-56-46-49(13-15-52(53)56)63(21-23-77-29-31-81-37-39-85-43-41-83-35-33-79-27-25-75-5)22-24-78-30-32-82-38-40-86-44-42-84-36-34-80-28-26-76-6/h7,10-11,13-16,46-48H,8-9,12,17-45H2,1-6H3,(H-,69,70,71,72,73,74)/p-1. The predicted octanol–water partition coefficient (Wildman–Crippen LogP) is 4.20. The molecule has 506 valence electrons. The van der Waals surface area contributed by atoms with E-state index in [0.29, 0.717) is 192 Å². The summed E-state index contributed by atoms with van der Waals surface area (Å²) in [6.07, 6.45) is 4.96. The molecule has 0 N–H and O–H groups in total. The summed E-state index contributed by atoms with van der Waals surface area (Å²) < 4.78 is 148. The molecular weight excluding hydrogens is 1220 g/mol. The monoisotopic (exact) mass is 1310 g/mol. The summed E-state index contributed by atoms with van der Waals surface area (Å²) in [5.74, 6) is -1.77. The van der Waals surface area contributed by atoms with Gasteiger partial charge in [0.25, 0.3) is 11.8 Å². The molecule has 0 radical (unpaired) electrons. The van der Waals surface area contributed by atoms with Crippen LogP contribution in [-0.4, -0.2) is 234 Å². The Bertz CT molecular complexity index is 2940. The van der Waals surface area contributed by atoms with E-state index in [-0.39, 0.29) is 50.5 Å². The fourth-order valence-corrected chi connectivity index (χ4v) is 10.8. The maximum atomic E-state index is 13.0. The summed E-state index contributed by atoms with van der Waals surface area (Å²) in [7, 11) is -6.34. The van der Waals surface area contributed by atoms with E-state index < -0.39 is 54.1 Å². The summed E-state index contributed by atoms with van der Waals surface area (Å²) in [6, 6.07) is 11.8. The Kier molecular flexibility index (Phi) is 33.7. The number of methoxy groups -OCH3 is 2. The largest absolute Gasteiger partial charge is 0.748 e. The van der Waals surface area contributed by atoms with Crippen molar-refractivity contribution in [1.82, 2.24) is 9.64 Å². The maximum Gasteiger partial charge on any atom is 0.333 e. The highest BCUT2D eigenvalue weighted by Gasteiger charge is 2.44. The molecule has 4 aliphatic rings. The van der Waals surface area contributed by atoms with Crippen molar-refractivity contribution in [1.29, 1.82) is 0 Å². The number of allylic oxidation sites excluding steroid dienone is 3. The van der Waals surface area contributed by atoms with Crippen molar-refractivity contribution < 1.29 is 106 Å². The molecule has 1 atom stereocenters. The summed E-state index contributed by atoms with van der Waals surface area (Å²) in [4.78, 5) is 43.8. The molecule has 0 aromatic heterocycles. The van der Waals surface area contributed by atoms with E-state index in [1.807, 2.05) is 24.3 Å². The van der Waals surface area contributed by atoms with E-state index in [1.54, 1.807) is 44.3 Å². The number of fused-ring (bicyclic) bond motifs is 2. The zero-order valence-corrected chi connectivity index (χ0v) is 54.6. The van der Waals surface area contributed by atoms with Gasteiger partial charge in [-0.3, -0.25) is 9.59 Å². The number of amides is 2. The number of carbonyl (C=O) groups excluding carboxylic acids is 3. The van der Waals surface area contributed by atoms with Crippen molar-refractivity contribution in [3.63, 3.8) is 0 Å². The van der Waals surface area contributed by atoms with Crippen molar-refractivity contribution in [2.75, 3.05) is 190 Å². The third-order valence-corrected chi connectivity index (χ3v) is 16.0. The van der Waals surface area contributed by atoms with E-state index in [2.05, 4.69) is 25.3 Å². The van der Waals surface area contributed by atoms with Gasteiger partial charge in [-0.15, -0.1) is 5.06 Å². The summed E-state index contributed by atoms with van der Waals surface area (Å²) in [6.45, 7) is 18.7. The quantitative estimate of drug-likeness (QED) is 0.0331. The molecular formula is C62H92N3O23S2-. The van der Waals surface area contributed by atoms with Crippen LogP contribution in [0.15, 0.2) is 69.6 Å². The molecule has 2 amide bonds. The number of imide groups is 1. The van der Waals surface area contributed by atoms with Crippen LogP contribution in [0.2, 0.25) is 0 Å². The lowest BCUT2D eigenvalue weighted by atomic mass is 9.77. The number of carbonyl (C=O) groups is 3. The smallest absolute Gasteiger partial charge is 0.333 e. The van der Waals surface area contributed by atoms with Crippen LogP contribution < -0.4 is 14.8 Å². The molecule has 0 saturated carbocycles. The summed E-state index contributed by atoms with van der Waals surface area (Å²) in [5.41, 5.74) is 1.72. The summed E-state index contributed by atoms with van der Waals surface area (Å²) >= 11 is 0. The molecule has 3 aliphatic heterocycles. The zero-order chi connectivity index (χ0) is 65.3. The highest BCUT2D eigenvalue weighted by atomic mass is 32.2. The van der Waals surface area contributed by atoms with Crippen LogP contribution in [0.3, 0.4) is 0 Å². The average Bonchev–Trinajstić information content (AvgIpc) is 1.62. The van der Waals surface area contributed by atoms with Gasteiger partial charge in [0, 0.05) is 74.2 Å². The van der Waals surface area contributed by atoms with Crippen molar-refractivity contribution in [2.45, 2.75) is 81.9 Å². The SMILES string of the molecule is COCCOCCOCCOCCOCCOCC[N+](CCOCCOCCOCCOCCOCCOC)=c1ccc2c(C(C)(C)C)cc(/C=C/C=C3/N(CCCS(=O)(=O)[O-])c4ccc(S(=O)(=O)[O-])cc4C3(C)CCCC(=O)ON3C(=O)CCC3=O)oc-2c1. The number of hydroxylamine groups is 2. The zero-order valence-electron chi connectivity index (χ0n) is 52.9. The van der Waals surface area contributed by atoms with E-state index in [9.17, 15) is 40.3 Å². The van der Waals surface area contributed by atoms with E-state index in [4.69, 9.17) is 66.1 Å². The van der Waals surface area contributed by atoms with Gasteiger partial charge in [-0.25, -0.2) is 26.2 Å². The summed E-state index contributed by atoms with van der Waals surface area (Å²) in [5, 5.41) is 1.30. The highest BCUT2D eigenvalue weighted by Crippen LogP contribution is 2.51. The first-order chi connectivity index (χ1) is 43.2. The van der Waals surface area contributed by atoms with Gasteiger partial charge in [-0.2, -0.15) is 0 Å². The number of benzene rings is 2. The molecule has 1 aromatic rings. The molecule has 90 heavy (non-hydrogen) atoms. The lowest BCUT2D eigenvalue weighted by Crippen LogP contribution is -2.36. The number of rotatable bonds is 48. The Morgan fingerprint density at radius 2 is 1.12 bits per heavy atom. The average molecular weight is 1310 g/mol. The van der Waals surface area contributed by atoms with Gasteiger partial charge in [0.05, 0.1) is 153 Å². The fraction of sp³-hybridized carbons (Fsp3) is 0.645. The molecule has 1 aromatic carbocycles. The highest BCUT2D eigenvalue weighted by molar-refractivity contribution is 7.86. The van der Waals surface area contributed by atoms with Crippen molar-refractivity contribution in [2.24, 2.45) is 0 Å². The first kappa shape index (κ1) is 75.6. The molecule has 28 heteroatoms. The van der Waals surface area contributed by atoms with Crippen LogP contribution in [-0.2, 0) is 107 Å². The normalized spacial score (nSPS) is 16.0. The maximum absolute atomic E-state index is 13.0. The van der Waals surface area contributed by atoms with Crippen LogP contribution in [0, 0.1) is 0 Å². The van der Waals surface area contributed by atoms with E-state index in [1.165, 1.54) is 12.1 Å². The van der Waals surface area contributed by atoms with Gasteiger partial charge in [-0.05, 0) is 85.2 Å². The second-order valence-electron chi connectivity index (χ2n) is 22.1. The molecule has 5 rings (SSSR count). The molecule has 1 unspecified atom stereocenters. The Hall–Kier alpha value is -5.12. The predicted molar refractivity (Wildman–Crippen MR) is 327 cm³/mol. The Balaban J connectivity index is 1.34. The third kappa shape index (κ3) is 26.8. The van der Waals surface area contributed by atoms with E-state index >= 15 is 0 Å². The van der Waals surface area contributed by atoms with Crippen LogP contribution >= 0.6 is 0 Å². The lowest BCUT2D eigenvalue weighted by molar-refractivity contribution is -0.197. The van der Waals surface area contributed by atoms with Gasteiger partial charge in [-0.1, -0.05) is 26.8 Å². The molecule has 26 nitrogen and oxygen atoms in total. The topological polar surface area (TPSA) is 308 Å². The van der Waals surface area contributed by atoms with Gasteiger partial charge in [0.1, 0.15) is 34.9 Å². The van der Waals surface area contributed by atoms with Crippen LogP contribution in [0.5, 0.6) is 0 Å². The van der Waals surface area contributed by atoms with Crippen LogP contribution in [0.1, 0.15) is 83.1 Å². The molecule has 1 fully saturated rings. The van der Waals surface area contributed by atoms with E-state index in [0.717, 1.165) is 22.6 Å². The van der Waals surface area contributed by atoms with Gasteiger partial charge in [0.2, 0.25) is 5.36 Å². The Labute approximate surface area is 529 Å². The third-order valence-electron chi connectivity index (χ3n) is 14.3. The van der Waals surface area contributed by atoms with Gasteiger partial charge in [0.15, 0.2) is 13.1 Å². The number of anilines is 1. The Morgan fingerprint density at radius 3 is 1.58 bits per heavy atom. The first-order valence-electron chi connectivity index (χ1n) is 30.3. The second-order valence-corrected chi connectivity index (χ2v) is 25.0. The van der Waals surface area contributed by atoms with Gasteiger partial charge >= 0.3 is 5.97 Å². The first-order valence-corrected chi connectivity index (χ1v) is 33.3. The molecule has 0 spiro atoms. The van der Waals surface area contributed by atoms with Crippen molar-refractivity contribution in [3.8, 4) is 11.3 Å². The van der Waals surface area contributed by atoms with Crippen LogP contribution in [0.25, 0.3) is 17.4 Å². The van der Waals surface area contributed by atoms with Gasteiger partial charge < -0.3 is 80.1 Å². The number of hydrogen-bond donors (Lipinski definition) is 0. The van der Waals surface area contributed by atoms with Crippen LogP contribution in [0.4, 0.5) is 5.69 Å². The number of nitrogens with zero attached hydrogens (tertiary/aromatic N) is 3. The minimum absolute atomic E-state index is 0.000656. The molecule has 0 bridgehead atoms. The minimum Gasteiger partial charge on any atom is -0.748 e. The number of hydrogen-bond acceptors (Lipinski definition) is 24. The lowest BCUT2D eigenvalue weighted by Gasteiger charge is -2.30. The molecule has 1 aliphatic carbocycles. The Morgan fingerprint density at radius 1 is 0.644 bits per heavy atom. The van der Waals surface area contributed by atoms with Crippen molar-refractivity contribution >= 4 is 49.8 Å². The number of ether oxygens (including phenoxy) is 12. The molecule has 1 saturated heterocycles. The minimum atomic E-state index is -4.96. The van der Waals surface area contributed by atoms with Crippen molar-refractivity contribution in [3.05, 3.63) is 82.6 Å². The molecule has 3 heterocycles.